The zero-order valence-electron chi connectivity index (χ0n) is 46.8. The third kappa shape index (κ3) is 7.75. The molecule has 4 heterocycles. The molecule has 88 heavy (non-hydrogen) atoms. The van der Waals surface area contributed by atoms with Gasteiger partial charge in [-0.3, -0.25) is 0 Å². The molecule has 8 heteroatoms. The van der Waals surface area contributed by atoms with E-state index in [0.29, 0.717) is 33.8 Å². The number of benzene rings is 14. The van der Waals surface area contributed by atoms with Gasteiger partial charge in [0.25, 0.3) is 0 Å². The van der Waals surface area contributed by atoms with Gasteiger partial charge in [0.2, 0.25) is 0 Å². The van der Waals surface area contributed by atoms with Gasteiger partial charge in [0.1, 0.15) is 28.4 Å². The molecule has 0 bridgehead atoms. The molecule has 0 aliphatic rings. The summed E-state index contributed by atoms with van der Waals surface area (Å²) in [5.74, 6) is 0.131. The van der Waals surface area contributed by atoms with Crippen molar-refractivity contribution in [2.75, 3.05) is 0 Å². The Kier molecular flexibility index (Phi) is 11.2. The Labute approximate surface area is 505 Å². The molecule has 0 unspecified atom stereocenters. The average Bonchev–Trinajstić information content (AvgIpc) is 1.07. The van der Waals surface area contributed by atoms with Gasteiger partial charge in [0, 0.05) is 43.3 Å². The fourth-order valence-electron chi connectivity index (χ4n) is 13.5. The van der Waals surface area contributed by atoms with Crippen molar-refractivity contribution in [2.45, 2.75) is 0 Å². The van der Waals surface area contributed by atoms with Gasteiger partial charge in [-0.05, 0) is 135 Å². The Morgan fingerprint density at radius 3 is 1.41 bits per heavy atom. The largest absolute Gasteiger partial charge is 0.451 e. The first kappa shape index (κ1) is 50.0. The normalized spacial score (nSPS) is 12.0. The number of hydrogen-bond acceptors (Lipinski definition) is 6. The van der Waals surface area contributed by atoms with E-state index in [1.165, 1.54) is 0 Å². The molecule has 0 fully saturated rings. The van der Waals surface area contributed by atoms with Gasteiger partial charge in [0.05, 0.1) is 21.5 Å². The molecule has 4 aromatic heterocycles. The highest BCUT2D eigenvalue weighted by molar-refractivity contribution is 7.26. The van der Waals surface area contributed by atoms with E-state index >= 15 is 8.78 Å². The lowest BCUT2D eigenvalue weighted by molar-refractivity contribution is 0.631. The first-order chi connectivity index (χ1) is 43.5. The van der Waals surface area contributed by atoms with Crippen molar-refractivity contribution < 1.29 is 13.2 Å². The van der Waals surface area contributed by atoms with Gasteiger partial charge in [-0.2, -0.15) is 0 Å². The summed E-state index contributed by atoms with van der Waals surface area (Å²) in [6.45, 7) is 0. The molecule has 5 nitrogen and oxygen atoms in total. The predicted octanol–water partition coefficient (Wildman–Crippen LogP) is 22.4. The Hall–Kier alpha value is -11.3. The lowest BCUT2D eigenvalue weighted by atomic mass is 9.87. The molecular weight excluding hydrogens is 1100 g/mol. The van der Waals surface area contributed by atoms with E-state index in [1.807, 2.05) is 152 Å². The zero-order valence-corrected chi connectivity index (χ0v) is 47.6. The molecule has 0 N–H and O–H groups in total. The standard InChI is InChI=1S/C80H44F2N4OS/c81-68-43-63-55-32-17-18-33-56(55)71-57(61(63)41-59(68)49-36-37-70-66(38-49)75-78(88-70)73(47-24-9-3-10-25-47)84-79(86-75)48-26-11-4-12-27-48)34-19-35-58(71)64-39-50(45-20-5-1-6-21-45)40-67-74-77(87-76(64)67)72(46-22-7-2-8-23-46)83-80(85-74)65-42-60-53-30-15-13-28-51(53)52-29-14-16-31-54(52)62(60)44-69(65)82/h1-44H. The minimum atomic E-state index is -0.424. The van der Waals surface area contributed by atoms with Gasteiger partial charge in [-0.25, -0.2) is 28.7 Å². The maximum absolute atomic E-state index is 17.4. The quantitative estimate of drug-likeness (QED) is 0.149. The predicted molar refractivity (Wildman–Crippen MR) is 361 cm³/mol. The topological polar surface area (TPSA) is 64.7 Å². The van der Waals surface area contributed by atoms with Crippen LogP contribution in [0.25, 0.3) is 186 Å². The number of nitrogens with zero attached hydrogens (tertiary/aromatic N) is 4. The van der Waals surface area contributed by atoms with Crippen LogP contribution in [0.3, 0.4) is 0 Å². The van der Waals surface area contributed by atoms with Gasteiger partial charge < -0.3 is 4.42 Å². The SMILES string of the molecule is Fc1cc2c3ccccc3c3c(-c4cc(-c5ccccc5)cc5c4oc4c(-c6ccccc6)nc(-c6cc7c8ccccc8c8ccccc8c7cc6F)nc45)cccc3c2cc1-c1ccc2sc3c(-c4ccccc4)nc(-c4ccccc4)nc3c2c1. The van der Waals surface area contributed by atoms with Crippen molar-refractivity contribution in [1.29, 1.82) is 0 Å². The van der Waals surface area contributed by atoms with E-state index < -0.39 is 5.82 Å². The van der Waals surface area contributed by atoms with Crippen LogP contribution in [0.15, 0.2) is 271 Å². The van der Waals surface area contributed by atoms with Crippen LogP contribution in [-0.4, -0.2) is 19.9 Å². The summed E-state index contributed by atoms with van der Waals surface area (Å²) in [6, 6.07) is 89.5. The van der Waals surface area contributed by atoms with Gasteiger partial charge in [-0.15, -0.1) is 11.3 Å². The molecule has 18 rings (SSSR count). The Morgan fingerprint density at radius 2 is 0.750 bits per heavy atom. The monoisotopic (exact) mass is 1150 g/mol. The van der Waals surface area contributed by atoms with Crippen molar-refractivity contribution in [3.8, 4) is 78.7 Å². The fourth-order valence-corrected chi connectivity index (χ4v) is 14.7. The minimum absolute atomic E-state index is 0.247. The number of furan rings is 1. The molecule has 410 valence electrons. The van der Waals surface area contributed by atoms with Gasteiger partial charge >= 0.3 is 0 Å². The van der Waals surface area contributed by atoms with Crippen LogP contribution in [0.1, 0.15) is 0 Å². The maximum Gasteiger partial charge on any atom is 0.180 e. The highest BCUT2D eigenvalue weighted by Crippen LogP contribution is 2.49. The van der Waals surface area contributed by atoms with Crippen LogP contribution < -0.4 is 0 Å². The van der Waals surface area contributed by atoms with Crippen molar-refractivity contribution >= 4 is 118 Å². The molecule has 0 aliphatic carbocycles. The molecule has 0 saturated heterocycles. The number of halogens is 2. The second-order valence-electron chi connectivity index (χ2n) is 22.5. The molecule has 0 spiro atoms. The van der Waals surface area contributed by atoms with E-state index in [1.54, 1.807) is 23.5 Å². The Balaban J connectivity index is 0.876. The first-order valence-corrected chi connectivity index (χ1v) is 30.1. The van der Waals surface area contributed by atoms with E-state index in [2.05, 4.69) is 103 Å². The molecule has 0 amide bonds. The molecule has 0 atom stereocenters. The number of fused-ring (bicyclic) bond motifs is 18. The number of thiophene rings is 1. The summed E-state index contributed by atoms with van der Waals surface area (Å²) in [6.07, 6.45) is 0. The van der Waals surface area contributed by atoms with E-state index in [0.717, 1.165) is 141 Å². The second kappa shape index (κ2) is 19.6. The van der Waals surface area contributed by atoms with Crippen LogP contribution in [0.2, 0.25) is 0 Å². The smallest absolute Gasteiger partial charge is 0.180 e. The number of hydrogen-bond donors (Lipinski definition) is 0. The molecule has 0 aliphatic heterocycles. The lowest BCUT2D eigenvalue weighted by Gasteiger charge is -2.17. The van der Waals surface area contributed by atoms with Crippen molar-refractivity contribution in [3.63, 3.8) is 0 Å². The minimum Gasteiger partial charge on any atom is -0.451 e. The Bertz CT molecular complexity index is 5950. The summed E-state index contributed by atoms with van der Waals surface area (Å²) >= 11 is 1.65. The van der Waals surface area contributed by atoms with Gasteiger partial charge in [0.15, 0.2) is 17.2 Å². The Morgan fingerprint density at radius 1 is 0.273 bits per heavy atom. The van der Waals surface area contributed by atoms with Crippen LogP contribution in [0.4, 0.5) is 8.78 Å². The maximum atomic E-state index is 17.4. The lowest BCUT2D eigenvalue weighted by Crippen LogP contribution is -1.97. The molecular formula is C80H44F2N4OS. The fraction of sp³-hybridized carbons (Fsp3) is 0. The van der Waals surface area contributed by atoms with Crippen LogP contribution in [0, 0.1) is 11.6 Å². The summed E-state index contributed by atoms with van der Waals surface area (Å²) in [5, 5.41) is 13.1. The number of rotatable bonds is 7. The van der Waals surface area contributed by atoms with Crippen LogP contribution in [-0.2, 0) is 0 Å². The first-order valence-electron chi connectivity index (χ1n) is 29.3. The molecule has 0 radical (unpaired) electrons. The summed E-state index contributed by atoms with van der Waals surface area (Å²) in [7, 11) is 0. The average molecular weight is 1150 g/mol. The summed E-state index contributed by atoms with van der Waals surface area (Å²) < 4.78 is 44.0. The zero-order chi connectivity index (χ0) is 58.1. The highest BCUT2D eigenvalue weighted by atomic mass is 32.1. The summed E-state index contributed by atoms with van der Waals surface area (Å²) in [5.41, 5.74) is 11.8. The van der Waals surface area contributed by atoms with Crippen molar-refractivity contribution in [2.24, 2.45) is 0 Å². The molecule has 18 aromatic rings. The number of aromatic nitrogens is 4. The third-order valence-corrected chi connectivity index (χ3v) is 18.7. The summed E-state index contributed by atoms with van der Waals surface area (Å²) in [4.78, 5) is 21.1. The van der Waals surface area contributed by atoms with Crippen molar-refractivity contribution in [3.05, 3.63) is 279 Å². The van der Waals surface area contributed by atoms with E-state index in [9.17, 15) is 0 Å². The molecule has 0 saturated carbocycles. The van der Waals surface area contributed by atoms with Gasteiger partial charge in [-0.1, -0.05) is 218 Å². The second-order valence-corrected chi connectivity index (χ2v) is 23.6. The van der Waals surface area contributed by atoms with E-state index in [-0.39, 0.29) is 17.2 Å². The highest BCUT2D eigenvalue weighted by Gasteiger charge is 2.26. The van der Waals surface area contributed by atoms with E-state index in [4.69, 9.17) is 24.4 Å². The molecule has 14 aromatic carbocycles. The van der Waals surface area contributed by atoms with Crippen LogP contribution in [0.5, 0.6) is 0 Å². The third-order valence-electron chi connectivity index (χ3n) is 17.6. The van der Waals surface area contributed by atoms with Crippen molar-refractivity contribution in [1.82, 2.24) is 19.9 Å². The van der Waals surface area contributed by atoms with Crippen LogP contribution >= 0.6 is 11.3 Å².